The second kappa shape index (κ2) is 8.61. The van der Waals surface area contributed by atoms with Crippen molar-refractivity contribution >= 4 is 22.5 Å². The van der Waals surface area contributed by atoms with Crippen LogP contribution in [0.1, 0.15) is 41.4 Å². The van der Waals surface area contributed by atoms with Gasteiger partial charge < -0.3 is 10.1 Å². The summed E-state index contributed by atoms with van der Waals surface area (Å²) in [5.41, 5.74) is 4.25. The summed E-state index contributed by atoms with van der Waals surface area (Å²) in [4.78, 5) is 16.5. The van der Waals surface area contributed by atoms with Gasteiger partial charge in [-0.1, -0.05) is 12.1 Å². The van der Waals surface area contributed by atoms with E-state index in [1.54, 1.807) is 24.4 Å². The molecule has 0 bridgehead atoms. The van der Waals surface area contributed by atoms with Crippen LogP contribution in [0.2, 0.25) is 0 Å². The number of hydrogen-bond donors (Lipinski definition) is 1. The highest BCUT2D eigenvalue weighted by atomic mass is 16.5. The van der Waals surface area contributed by atoms with E-state index >= 15 is 0 Å². The van der Waals surface area contributed by atoms with E-state index in [0.717, 1.165) is 41.4 Å². The van der Waals surface area contributed by atoms with Crippen LogP contribution in [0.4, 0.5) is 5.69 Å². The molecule has 7 heteroatoms. The first-order valence-corrected chi connectivity index (χ1v) is 10.6. The molecule has 7 nitrogen and oxygen atoms in total. The van der Waals surface area contributed by atoms with Gasteiger partial charge in [-0.25, -0.2) is 4.68 Å². The fraction of sp³-hybridized carbons (Fsp3) is 0.200. The number of anilines is 1. The van der Waals surface area contributed by atoms with E-state index in [-0.39, 0.29) is 12.1 Å². The minimum Gasteiger partial charge on any atom is -0.356 e. The number of nitrogens with one attached hydrogen (secondary N) is 1. The molecule has 1 atom stereocenters. The van der Waals surface area contributed by atoms with Gasteiger partial charge in [0.25, 0.3) is 5.91 Å². The number of carbonyl (C=O) groups excluding carboxylic acids is 1. The number of rotatable bonds is 4. The molecule has 1 N–H and O–H groups in total. The average Bonchev–Trinajstić information content (AvgIpc) is 3.24. The molecule has 0 spiro atoms. The molecular formula is C25H21N5O2. The minimum atomic E-state index is -0.229. The monoisotopic (exact) mass is 423 g/mol. The highest BCUT2D eigenvalue weighted by Crippen LogP contribution is 2.34. The zero-order chi connectivity index (χ0) is 21.9. The van der Waals surface area contributed by atoms with Crippen LogP contribution in [0.15, 0.2) is 67.0 Å². The standard InChI is InChI=1S/C25H21N5O2/c26-15-17-9-10-22-21(13-17)24(29-30(22)23-8-1-2-12-32-23)18-5-3-7-20(14-18)28-25(31)19-6-4-11-27-16-19/h3-7,9-11,13-14,16,23H,1-2,8,12H2,(H,28,31). The van der Waals surface area contributed by atoms with Gasteiger partial charge >= 0.3 is 0 Å². The van der Waals surface area contributed by atoms with Gasteiger partial charge in [0.2, 0.25) is 0 Å². The minimum absolute atomic E-state index is 0.124. The summed E-state index contributed by atoms with van der Waals surface area (Å²) >= 11 is 0. The van der Waals surface area contributed by atoms with E-state index in [0.29, 0.717) is 23.4 Å². The third-order valence-electron chi connectivity index (χ3n) is 5.58. The van der Waals surface area contributed by atoms with Crippen LogP contribution in [0.25, 0.3) is 22.2 Å². The summed E-state index contributed by atoms with van der Waals surface area (Å²) in [6.45, 7) is 0.716. The molecule has 2 aromatic carbocycles. The highest BCUT2D eigenvalue weighted by molar-refractivity contribution is 6.04. The van der Waals surface area contributed by atoms with Crippen molar-refractivity contribution in [2.75, 3.05) is 11.9 Å². The number of pyridine rings is 1. The van der Waals surface area contributed by atoms with Crippen molar-refractivity contribution in [3.8, 4) is 17.3 Å². The van der Waals surface area contributed by atoms with Gasteiger partial charge in [-0.05, 0) is 61.7 Å². The molecule has 0 saturated carbocycles. The maximum atomic E-state index is 12.5. The first-order chi connectivity index (χ1) is 15.7. The normalized spacial score (nSPS) is 15.9. The summed E-state index contributed by atoms with van der Waals surface area (Å²) < 4.78 is 7.90. The molecule has 1 unspecified atom stereocenters. The number of nitriles is 1. The van der Waals surface area contributed by atoms with E-state index in [4.69, 9.17) is 9.84 Å². The Hall–Kier alpha value is -4.02. The summed E-state index contributed by atoms with van der Waals surface area (Å²) in [7, 11) is 0. The van der Waals surface area contributed by atoms with Gasteiger partial charge in [-0.3, -0.25) is 9.78 Å². The Labute approximate surface area is 185 Å². The van der Waals surface area contributed by atoms with E-state index < -0.39 is 0 Å². The maximum absolute atomic E-state index is 12.5. The molecular weight excluding hydrogens is 402 g/mol. The van der Waals surface area contributed by atoms with Crippen molar-refractivity contribution in [1.82, 2.24) is 14.8 Å². The smallest absolute Gasteiger partial charge is 0.257 e. The van der Waals surface area contributed by atoms with Crippen LogP contribution in [0.3, 0.4) is 0 Å². The summed E-state index contributed by atoms with van der Waals surface area (Å²) in [5, 5.41) is 18.1. The van der Waals surface area contributed by atoms with Crippen molar-refractivity contribution in [3.63, 3.8) is 0 Å². The Kier molecular flexibility index (Phi) is 5.36. The lowest BCUT2D eigenvalue weighted by Crippen LogP contribution is -2.19. The van der Waals surface area contributed by atoms with Gasteiger partial charge in [0.1, 0.15) is 5.69 Å². The van der Waals surface area contributed by atoms with Gasteiger partial charge in [-0.2, -0.15) is 10.4 Å². The predicted molar refractivity (Wildman–Crippen MR) is 121 cm³/mol. The zero-order valence-electron chi connectivity index (χ0n) is 17.4. The number of hydrogen-bond acceptors (Lipinski definition) is 5. The first-order valence-electron chi connectivity index (χ1n) is 10.6. The van der Waals surface area contributed by atoms with E-state index in [9.17, 15) is 10.1 Å². The lowest BCUT2D eigenvalue weighted by atomic mass is 10.1. The summed E-state index contributed by atoms with van der Waals surface area (Å²) in [5.74, 6) is -0.229. The number of carbonyl (C=O) groups is 1. The fourth-order valence-corrected chi connectivity index (χ4v) is 4.00. The first kappa shape index (κ1) is 19.9. The molecule has 0 radical (unpaired) electrons. The van der Waals surface area contributed by atoms with Crippen molar-refractivity contribution in [3.05, 3.63) is 78.1 Å². The molecule has 32 heavy (non-hydrogen) atoms. The Morgan fingerprint density at radius 1 is 1.16 bits per heavy atom. The molecule has 5 rings (SSSR count). The molecule has 2 aromatic heterocycles. The Bertz CT molecular complexity index is 1320. The fourth-order valence-electron chi connectivity index (χ4n) is 4.00. The molecule has 1 aliphatic heterocycles. The number of aromatic nitrogens is 3. The third kappa shape index (κ3) is 3.84. The molecule has 4 aromatic rings. The molecule has 0 aliphatic carbocycles. The van der Waals surface area contributed by atoms with E-state index in [2.05, 4.69) is 16.4 Å². The maximum Gasteiger partial charge on any atom is 0.257 e. The van der Waals surface area contributed by atoms with Crippen molar-refractivity contribution in [2.45, 2.75) is 25.5 Å². The van der Waals surface area contributed by atoms with Gasteiger partial charge in [0, 0.05) is 35.6 Å². The predicted octanol–water partition coefficient (Wildman–Crippen LogP) is 4.92. The quantitative estimate of drug-likeness (QED) is 0.503. The molecule has 1 amide bonds. The van der Waals surface area contributed by atoms with Gasteiger partial charge in [-0.15, -0.1) is 0 Å². The number of benzene rings is 2. The van der Waals surface area contributed by atoms with E-state index in [1.165, 1.54) is 6.20 Å². The number of nitrogens with zero attached hydrogens (tertiary/aromatic N) is 4. The highest BCUT2D eigenvalue weighted by Gasteiger charge is 2.22. The van der Waals surface area contributed by atoms with Crippen molar-refractivity contribution in [1.29, 1.82) is 5.26 Å². The Balaban J connectivity index is 1.54. The molecule has 1 saturated heterocycles. The average molecular weight is 423 g/mol. The van der Waals surface area contributed by atoms with Crippen LogP contribution in [-0.4, -0.2) is 27.3 Å². The summed E-state index contributed by atoms with van der Waals surface area (Å²) in [6, 6.07) is 18.8. The van der Waals surface area contributed by atoms with Crippen LogP contribution in [0.5, 0.6) is 0 Å². The van der Waals surface area contributed by atoms with Crippen LogP contribution < -0.4 is 5.32 Å². The molecule has 1 fully saturated rings. The van der Waals surface area contributed by atoms with Crippen LogP contribution in [-0.2, 0) is 4.74 Å². The molecule has 158 valence electrons. The Morgan fingerprint density at radius 2 is 2.09 bits per heavy atom. The number of fused-ring (bicyclic) bond motifs is 1. The third-order valence-corrected chi connectivity index (χ3v) is 5.58. The SMILES string of the molecule is N#Cc1ccc2c(c1)c(-c1cccc(NC(=O)c3cccnc3)c1)nn2C1CCCCO1. The second-order valence-electron chi connectivity index (χ2n) is 7.73. The Morgan fingerprint density at radius 3 is 2.88 bits per heavy atom. The summed E-state index contributed by atoms with van der Waals surface area (Å²) in [6.07, 6.45) is 6.08. The zero-order valence-corrected chi connectivity index (χ0v) is 17.4. The number of amides is 1. The number of ether oxygens (including phenoxy) is 1. The van der Waals surface area contributed by atoms with Crippen molar-refractivity contribution in [2.24, 2.45) is 0 Å². The molecule has 1 aliphatic rings. The topological polar surface area (TPSA) is 92.8 Å². The largest absolute Gasteiger partial charge is 0.356 e. The van der Waals surface area contributed by atoms with Gasteiger partial charge in [0.05, 0.1) is 22.7 Å². The molecule has 3 heterocycles. The van der Waals surface area contributed by atoms with Crippen LogP contribution >= 0.6 is 0 Å². The second-order valence-corrected chi connectivity index (χ2v) is 7.73. The van der Waals surface area contributed by atoms with Crippen LogP contribution in [0, 0.1) is 11.3 Å². The van der Waals surface area contributed by atoms with Crippen molar-refractivity contribution < 1.29 is 9.53 Å². The lowest BCUT2D eigenvalue weighted by molar-refractivity contribution is -0.0365. The van der Waals surface area contributed by atoms with Gasteiger partial charge in [0.15, 0.2) is 6.23 Å². The van der Waals surface area contributed by atoms with E-state index in [1.807, 2.05) is 41.1 Å². The lowest BCUT2D eigenvalue weighted by Gasteiger charge is -2.23.